The third-order valence-corrected chi connectivity index (χ3v) is 4.35. The van der Waals surface area contributed by atoms with Crippen molar-refractivity contribution in [2.24, 2.45) is 0 Å². The lowest BCUT2D eigenvalue weighted by Gasteiger charge is -2.21. The summed E-state index contributed by atoms with van der Waals surface area (Å²) in [6.07, 6.45) is 3.70. The molecule has 1 atom stereocenters. The number of benzene rings is 1. The van der Waals surface area contributed by atoms with Gasteiger partial charge in [0.05, 0.1) is 10.0 Å². The van der Waals surface area contributed by atoms with Gasteiger partial charge < -0.3 is 5.32 Å². The first-order chi connectivity index (χ1) is 10.1. The Morgan fingerprint density at radius 2 is 2.00 bits per heavy atom. The molecule has 2 aromatic rings. The molecule has 1 unspecified atom stereocenters. The summed E-state index contributed by atoms with van der Waals surface area (Å²) in [6, 6.07) is 9.94. The maximum absolute atomic E-state index is 6.38. The highest BCUT2D eigenvalue weighted by Crippen LogP contribution is 2.31. The zero-order valence-corrected chi connectivity index (χ0v) is 13.9. The summed E-state index contributed by atoms with van der Waals surface area (Å²) < 4.78 is 0. The van der Waals surface area contributed by atoms with Crippen LogP contribution in [0.15, 0.2) is 36.5 Å². The molecule has 0 aliphatic heterocycles. The van der Waals surface area contributed by atoms with E-state index in [2.05, 4.69) is 30.2 Å². The van der Waals surface area contributed by atoms with E-state index in [0.29, 0.717) is 10.0 Å². The molecule has 1 aromatic carbocycles. The number of aromatic nitrogens is 1. The Balaban J connectivity index is 2.30. The summed E-state index contributed by atoms with van der Waals surface area (Å²) in [7, 11) is 0. The van der Waals surface area contributed by atoms with Crippen molar-refractivity contribution >= 4 is 23.2 Å². The molecule has 0 radical (unpaired) electrons. The molecule has 1 N–H and O–H groups in total. The van der Waals surface area contributed by atoms with Gasteiger partial charge in [-0.15, -0.1) is 0 Å². The van der Waals surface area contributed by atoms with Crippen LogP contribution in [0.5, 0.6) is 0 Å². The number of pyridine rings is 1. The summed E-state index contributed by atoms with van der Waals surface area (Å²) >= 11 is 12.5. The second-order valence-corrected chi connectivity index (χ2v) is 5.91. The third-order valence-electron chi connectivity index (χ3n) is 3.51. The van der Waals surface area contributed by atoms with Crippen molar-refractivity contribution in [1.29, 1.82) is 0 Å². The van der Waals surface area contributed by atoms with Crippen molar-refractivity contribution < 1.29 is 0 Å². The predicted octanol–water partition coefficient (Wildman–Crippen LogP) is 4.98. The number of hydrogen-bond donors (Lipinski definition) is 1. The molecule has 0 bridgehead atoms. The molecule has 1 heterocycles. The van der Waals surface area contributed by atoms with Crippen LogP contribution in [-0.2, 0) is 6.42 Å². The van der Waals surface area contributed by atoms with Crippen LogP contribution in [0.25, 0.3) is 0 Å². The Morgan fingerprint density at radius 3 is 2.71 bits per heavy atom. The normalized spacial score (nSPS) is 12.4. The second kappa shape index (κ2) is 7.79. The number of nitrogens with zero attached hydrogens (tertiary/aromatic N) is 1. The number of aryl methyl sites for hydroxylation is 1. The smallest absolute Gasteiger partial charge is 0.0640 e. The molecule has 1 aromatic heterocycles. The van der Waals surface area contributed by atoms with E-state index in [9.17, 15) is 0 Å². The monoisotopic (exact) mass is 322 g/mol. The molecule has 0 amide bonds. The maximum Gasteiger partial charge on any atom is 0.0640 e. The zero-order chi connectivity index (χ0) is 15.2. The minimum Gasteiger partial charge on any atom is -0.310 e. The average Bonchev–Trinajstić information content (AvgIpc) is 2.48. The van der Waals surface area contributed by atoms with Gasteiger partial charge >= 0.3 is 0 Å². The Kier molecular flexibility index (Phi) is 6.04. The zero-order valence-electron chi connectivity index (χ0n) is 12.4. The highest BCUT2D eigenvalue weighted by atomic mass is 35.5. The first-order valence-corrected chi connectivity index (χ1v) is 7.96. The van der Waals surface area contributed by atoms with Crippen molar-refractivity contribution in [2.75, 3.05) is 6.54 Å². The fourth-order valence-corrected chi connectivity index (χ4v) is 2.77. The van der Waals surface area contributed by atoms with E-state index in [0.717, 1.165) is 30.6 Å². The number of rotatable bonds is 6. The van der Waals surface area contributed by atoms with Gasteiger partial charge in [0.1, 0.15) is 0 Å². The minimum atomic E-state index is 0.116. The Hall–Kier alpha value is -1.09. The molecule has 0 spiro atoms. The number of nitrogens with one attached hydrogen (secondary N) is 1. The van der Waals surface area contributed by atoms with Crippen LogP contribution in [0.1, 0.15) is 36.2 Å². The van der Waals surface area contributed by atoms with E-state index in [1.165, 1.54) is 5.56 Å². The van der Waals surface area contributed by atoms with E-state index in [1.54, 1.807) is 0 Å². The molecule has 0 saturated heterocycles. The van der Waals surface area contributed by atoms with Crippen LogP contribution in [0.3, 0.4) is 0 Å². The van der Waals surface area contributed by atoms with Gasteiger partial charge in [0, 0.05) is 24.4 Å². The largest absolute Gasteiger partial charge is 0.310 e. The van der Waals surface area contributed by atoms with Crippen molar-refractivity contribution in [3.63, 3.8) is 0 Å². The topological polar surface area (TPSA) is 24.9 Å². The lowest BCUT2D eigenvalue weighted by Crippen LogP contribution is -2.25. The summed E-state index contributed by atoms with van der Waals surface area (Å²) in [4.78, 5) is 4.49. The predicted molar refractivity (Wildman–Crippen MR) is 90.2 cm³/mol. The third kappa shape index (κ3) is 4.19. The standard InChI is InChI=1S/C17H20Cl2N2/c1-3-9-20-16(11-15-12(2)6-5-10-21-15)13-7-4-8-14(18)17(13)19/h4-8,10,16,20H,3,9,11H2,1-2H3. The fourth-order valence-electron chi connectivity index (χ4n) is 2.33. The lowest BCUT2D eigenvalue weighted by molar-refractivity contribution is 0.523. The number of hydrogen-bond acceptors (Lipinski definition) is 2. The summed E-state index contributed by atoms with van der Waals surface area (Å²) in [6.45, 7) is 5.16. The minimum absolute atomic E-state index is 0.116. The maximum atomic E-state index is 6.38. The lowest BCUT2D eigenvalue weighted by atomic mass is 9.99. The first kappa shape index (κ1) is 16.3. The molecule has 112 valence electrons. The van der Waals surface area contributed by atoms with E-state index >= 15 is 0 Å². The van der Waals surface area contributed by atoms with Gasteiger partial charge in [0.2, 0.25) is 0 Å². The van der Waals surface area contributed by atoms with Crippen molar-refractivity contribution in [2.45, 2.75) is 32.7 Å². The molecule has 0 aliphatic rings. The van der Waals surface area contributed by atoms with E-state index < -0.39 is 0 Å². The summed E-state index contributed by atoms with van der Waals surface area (Å²) in [5, 5.41) is 4.77. The highest BCUT2D eigenvalue weighted by molar-refractivity contribution is 6.42. The molecule has 21 heavy (non-hydrogen) atoms. The van der Waals surface area contributed by atoms with Gasteiger partial charge in [-0.2, -0.15) is 0 Å². The van der Waals surface area contributed by atoms with Gasteiger partial charge in [0.25, 0.3) is 0 Å². The highest BCUT2D eigenvalue weighted by Gasteiger charge is 2.17. The van der Waals surface area contributed by atoms with Crippen molar-refractivity contribution in [3.8, 4) is 0 Å². The first-order valence-electron chi connectivity index (χ1n) is 7.21. The van der Waals surface area contributed by atoms with Gasteiger partial charge in [-0.05, 0) is 43.1 Å². The second-order valence-electron chi connectivity index (χ2n) is 5.12. The van der Waals surface area contributed by atoms with Crippen LogP contribution >= 0.6 is 23.2 Å². The van der Waals surface area contributed by atoms with Crippen LogP contribution < -0.4 is 5.32 Å². The number of halogens is 2. The van der Waals surface area contributed by atoms with Crippen molar-refractivity contribution in [3.05, 3.63) is 63.4 Å². The van der Waals surface area contributed by atoms with Crippen molar-refractivity contribution in [1.82, 2.24) is 10.3 Å². The van der Waals surface area contributed by atoms with Crippen LogP contribution in [0.4, 0.5) is 0 Å². The van der Waals surface area contributed by atoms with E-state index in [1.807, 2.05) is 30.5 Å². The summed E-state index contributed by atoms with van der Waals surface area (Å²) in [5.41, 5.74) is 3.31. The van der Waals surface area contributed by atoms with Crippen LogP contribution in [0.2, 0.25) is 10.0 Å². The molecule has 0 fully saturated rings. The molecule has 0 saturated carbocycles. The van der Waals surface area contributed by atoms with Crippen LogP contribution in [-0.4, -0.2) is 11.5 Å². The van der Waals surface area contributed by atoms with Gasteiger partial charge in [0.15, 0.2) is 0 Å². The molecular formula is C17H20Cl2N2. The van der Waals surface area contributed by atoms with Crippen LogP contribution in [0, 0.1) is 6.92 Å². The van der Waals surface area contributed by atoms with Gasteiger partial charge in [-0.25, -0.2) is 0 Å². The molecule has 0 aliphatic carbocycles. The quantitative estimate of drug-likeness (QED) is 0.811. The molecule has 2 nitrogen and oxygen atoms in total. The van der Waals surface area contributed by atoms with Gasteiger partial charge in [-0.3, -0.25) is 4.98 Å². The molecule has 2 rings (SSSR count). The van der Waals surface area contributed by atoms with E-state index in [-0.39, 0.29) is 6.04 Å². The average molecular weight is 323 g/mol. The summed E-state index contributed by atoms with van der Waals surface area (Å²) in [5.74, 6) is 0. The fraction of sp³-hybridized carbons (Fsp3) is 0.353. The van der Waals surface area contributed by atoms with E-state index in [4.69, 9.17) is 23.2 Å². The molecular weight excluding hydrogens is 303 g/mol. The van der Waals surface area contributed by atoms with Gasteiger partial charge in [-0.1, -0.05) is 48.3 Å². The SMILES string of the molecule is CCCNC(Cc1ncccc1C)c1cccc(Cl)c1Cl. The Bertz CT molecular complexity index is 599. The Morgan fingerprint density at radius 1 is 1.19 bits per heavy atom. The Labute approximate surface area is 136 Å². The molecule has 4 heteroatoms.